The van der Waals surface area contributed by atoms with Crippen molar-refractivity contribution in [3.05, 3.63) is 59.7 Å². The summed E-state index contributed by atoms with van der Waals surface area (Å²) in [5, 5.41) is 11.5. The number of aliphatic carboxylic acids is 1. The molecule has 3 rings (SSSR count). The Kier molecular flexibility index (Phi) is 6.92. The Morgan fingerprint density at radius 3 is 2.17 bits per heavy atom. The monoisotopic (exact) mass is 433 g/mol. The predicted molar refractivity (Wildman–Crippen MR) is 111 cm³/mol. The van der Waals surface area contributed by atoms with E-state index in [0.717, 1.165) is 22.3 Å². The number of ether oxygens (including phenoxy) is 1. The van der Waals surface area contributed by atoms with E-state index in [1.54, 1.807) is 6.92 Å². The number of hydrogen-bond donors (Lipinski definition) is 2. The lowest BCUT2D eigenvalue weighted by molar-refractivity contribution is -0.140. The number of carboxylic acids is 1. The smallest absolute Gasteiger partial charge is 0.407 e. The molecule has 0 saturated heterocycles. The summed E-state index contributed by atoms with van der Waals surface area (Å²) in [5.41, 5.74) is 4.28. The molecule has 0 saturated carbocycles. The molecular formula is C21H24NO7P. The van der Waals surface area contributed by atoms with E-state index in [1.165, 1.54) is 6.66 Å². The van der Waals surface area contributed by atoms with E-state index in [4.69, 9.17) is 13.8 Å². The first-order chi connectivity index (χ1) is 14.3. The molecule has 9 heteroatoms. The number of alkyl carbamates (subject to hydrolysis) is 1. The van der Waals surface area contributed by atoms with Crippen molar-refractivity contribution >= 4 is 19.7 Å². The van der Waals surface area contributed by atoms with Gasteiger partial charge in [0, 0.05) is 12.6 Å². The average Bonchev–Trinajstić information content (AvgIpc) is 3.03. The van der Waals surface area contributed by atoms with Crippen LogP contribution in [0.3, 0.4) is 0 Å². The van der Waals surface area contributed by atoms with Crippen molar-refractivity contribution in [2.45, 2.75) is 18.9 Å². The summed E-state index contributed by atoms with van der Waals surface area (Å²) in [6, 6.07) is 14.4. The number of rotatable bonds is 9. The van der Waals surface area contributed by atoms with Crippen molar-refractivity contribution < 1.29 is 33.0 Å². The molecular weight excluding hydrogens is 409 g/mol. The number of amides is 1. The second-order valence-electron chi connectivity index (χ2n) is 6.85. The molecule has 30 heavy (non-hydrogen) atoms. The summed E-state index contributed by atoms with van der Waals surface area (Å²) in [6.07, 6.45) is -0.893. The lowest BCUT2D eigenvalue weighted by Crippen LogP contribution is -2.44. The molecule has 2 atom stereocenters. The Balaban J connectivity index is 1.62. The highest BCUT2D eigenvalue weighted by Gasteiger charge is 2.30. The number of carboxylic acid groups (broad SMARTS) is 1. The van der Waals surface area contributed by atoms with Gasteiger partial charge in [0.2, 0.25) is 0 Å². The number of benzene rings is 2. The van der Waals surface area contributed by atoms with Gasteiger partial charge in [-0.3, -0.25) is 4.57 Å². The summed E-state index contributed by atoms with van der Waals surface area (Å²) in [4.78, 5) is 23.7. The van der Waals surface area contributed by atoms with Crippen LogP contribution in [0.2, 0.25) is 0 Å². The first kappa shape index (κ1) is 22.0. The van der Waals surface area contributed by atoms with Crippen LogP contribution in [0.25, 0.3) is 11.1 Å². The Morgan fingerprint density at radius 1 is 1.07 bits per heavy atom. The number of fused-ring (bicyclic) bond motifs is 3. The second kappa shape index (κ2) is 9.43. The third-order valence-electron chi connectivity index (χ3n) is 4.77. The van der Waals surface area contributed by atoms with Gasteiger partial charge in [0.25, 0.3) is 0 Å². The van der Waals surface area contributed by atoms with Gasteiger partial charge in [-0.2, -0.15) is 0 Å². The third kappa shape index (κ3) is 5.08. The normalized spacial score (nSPS) is 15.5. The highest BCUT2D eigenvalue weighted by atomic mass is 31.2. The SMILES string of the molecule is CCOP(C)(=O)OC[C@H](NC(=O)OCC1c2ccccc2-c2ccccc21)C(=O)O. The van der Waals surface area contributed by atoms with Gasteiger partial charge in [-0.05, 0) is 29.2 Å². The molecule has 0 radical (unpaired) electrons. The van der Waals surface area contributed by atoms with Crippen LogP contribution in [-0.2, 0) is 23.1 Å². The first-order valence-electron chi connectivity index (χ1n) is 9.53. The Hall–Kier alpha value is -2.67. The molecule has 0 spiro atoms. The van der Waals surface area contributed by atoms with Crippen LogP contribution < -0.4 is 5.32 Å². The van der Waals surface area contributed by atoms with Gasteiger partial charge < -0.3 is 24.2 Å². The van der Waals surface area contributed by atoms with Gasteiger partial charge in [0.1, 0.15) is 6.61 Å². The van der Waals surface area contributed by atoms with Crippen LogP contribution in [0, 0.1) is 0 Å². The Labute approximate surface area is 174 Å². The van der Waals surface area contributed by atoms with Gasteiger partial charge >= 0.3 is 19.7 Å². The van der Waals surface area contributed by atoms with Crippen LogP contribution in [0.15, 0.2) is 48.5 Å². The van der Waals surface area contributed by atoms with E-state index < -0.39 is 32.3 Å². The fourth-order valence-corrected chi connectivity index (χ4v) is 4.40. The van der Waals surface area contributed by atoms with Crippen molar-refractivity contribution in [3.63, 3.8) is 0 Å². The minimum atomic E-state index is -3.39. The van der Waals surface area contributed by atoms with E-state index in [1.807, 2.05) is 48.5 Å². The summed E-state index contributed by atoms with van der Waals surface area (Å²) in [7, 11) is -3.39. The molecule has 8 nitrogen and oxygen atoms in total. The average molecular weight is 433 g/mol. The topological polar surface area (TPSA) is 111 Å². The van der Waals surface area contributed by atoms with Crippen molar-refractivity contribution in [1.29, 1.82) is 0 Å². The van der Waals surface area contributed by atoms with Crippen LogP contribution in [-0.4, -0.2) is 49.7 Å². The van der Waals surface area contributed by atoms with Gasteiger partial charge in [0.05, 0.1) is 13.2 Å². The molecule has 2 aromatic rings. The van der Waals surface area contributed by atoms with Crippen molar-refractivity contribution in [2.75, 3.05) is 26.5 Å². The number of nitrogens with one attached hydrogen (secondary N) is 1. The maximum atomic E-state index is 12.2. The lowest BCUT2D eigenvalue weighted by atomic mass is 9.98. The fraction of sp³-hybridized carbons (Fsp3) is 0.333. The van der Waals surface area contributed by atoms with Crippen molar-refractivity contribution in [1.82, 2.24) is 5.32 Å². The van der Waals surface area contributed by atoms with Gasteiger partial charge in [-0.1, -0.05) is 48.5 Å². The van der Waals surface area contributed by atoms with E-state index in [0.29, 0.717) is 0 Å². The standard InChI is InChI=1S/C21H24NO7P/c1-3-28-30(2,26)29-13-19(20(23)24)22-21(25)27-12-18-16-10-6-4-8-14(16)15-9-5-7-11-17(15)18/h4-11,18-19H,3,12-13H2,1-2H3,(H,22,25)(H,23,24)/t19-,30?/m0/s1. The van der Waals surface area contributed by atoms with Crippen molar-refractivity contribution in [2.24, 2.45) is 0 Å². The Bertz CT molecular complexity index is 932. The molecule has 1 unspecified atom stereocenters. The second-order valence-corrected chi connectivity index (χ2v) is 8.90. The van der Waals surface area contributed by atoms with Crippen LogP contribution in [0.5, 0.6) is 0 Å². The van der Waals surface area contributed by atoms with E-state index in [9.17, 15) is 19.3 Å². The van der Waals surface area contributed by atoms with E-state index >= 15 is 0 Å². The zero-order valence-electron chi connectivity index (χ0n) is 16.7. The quantitative estimate of drug-likeness (QED) is 0.578. The molecule has 1 aliphatic carbocycles. The van der Waals surface area contributed by atoms with Crippen molar-refractivity contribution in [3.8, 4) is 11.1 Å². The van der Waals surface area contributed by atoms with Gasteiger partial charge in [-0.25, -0.2) is 9.59 Å². The van der Waals surface area contributed by atoms with Crippen LogP contribution >= 0.6 is 7.60 Å². The molecule has 160 valence electrons. The maximum absolute atomic E-state index is 12.2. The molecule has 0 aliphatic heterocycles. The zero-order chi connectivity index (χ0) is 21.7. The zero-order valence-corrected chi connectivity index (χ0v) is 17.6. The van der Waals surface area contributed by atoms with E-state index in [2.05, 4.69) is 5.32 Å². The first-order valence-corrected chi connectivity index (χ1v) is 11.5. The minimum absolute atomic E-state index is 0.0538. The molecule has 0 heterocycles. The van der Waals surface area contributed by atoms with E-state index in [-0.39, 0.29) is 19.1 Å². The molecule has 0 fully saturated rings. The summed E-state index contributed by atoms with van der Waals surface area (Å²) in [6.45, 7) is 2.59. The molecule has 2 aromatic carbocycles. The van der Waals surface area contributed by atoms with Crippen LogP contribution in [0.4, 0.5) is 4.79 Å². The molecule has 0 aromatic heterocycles. The number of carbonyl (C=O) groups is 2. The predicted octanol–water partition coefficient (Wildman–Crippen LogP) is 3.85. The molecule has 1 aliphatic rings. The minimum Gasteiger partial charge on any atom is -0.480 e. The molecule has 0 bridgehead atoms. The summed E-state index contributed by atoms with van der Waals surface area (Å²) in [5.74, 6) is -1.48. The van der Waals surface area contributed by atoms with Crippen LogP contribution in [0.1, 0.15) is 24.0 Å². The fourth-order valence-electron chi connectivity index (χ4n) is 3.44. The maximum Gasteiger partial charge on any atom is 0.407 e. The summed E-state index contributed by atoms with van der Waals surface area (Å²) < 4.78 is 27.3. The molecule has 1 amide bonds. The highest BCUT2D eigenvalue weighted by molar-refractivity contribution is 7.52. The number of hydrogen-bond acceptors (Lipinski definition) is 6. The number of carbonyl (C=O) groups excluding carboxylic acids is 1. The molecule has 2 N–H and O–H groups in total. The third-order valence-corrected chi connectivity index (χ3v) is 6.12. The summed E-state index contributed by atoms with van der Waals surface area (Å²) >= 11 is 0. The Morgan fingerprint density at radius 2 is 1.63 bits per heavy atom. The lowest BCUT2D eigenvalue weighted by Gasteiger charge is -2.19. The van der Waals surface area contributed by atoms with Gasteiger partial charge in [0.15, 0.2) is 6.04 Å². The van der Waals surface area contributed by atoms with Gasteiger partial charge in [-0.15, -0.1) is 0 Å². The largest absolute Gasteiger partial charge is 0.480 e. The highest BCUT2D eigenvalue weighted by Crippen LogP contribution is 2.45.